The lowest BCUT2D eigenvalue weighted by atomic mass is 10.2. The van der Waals surface area contributed by atoms with E-state index in [1.807, 2.05) is 0 Å². The summed E-state index contributed by atoms with van der Waals surface area (Å²) in [7, 11) is -4.09. The number of rotatable bonds is 1. The molecule has 1 aromatic rings. The van der Waals surface area contributed by atoms with Gasteiger partial charge in [0.05, 0.1) is 16.7 Å². The SMILES string of the molecule is [CH2]S(=O)(=O)c1ccccc1C(F)(F)F. The van der Waals surface area contributed by atoms with Crippen LogP contribution in [0, 0.1) is 6.26 Å². The van der Waals surface area contributed by atoms with Crippen molar-refractivity contribution < 1.29 is 21.6 Å². The van der Waals surface area contributed by atoms with Gasteiger partial charge in [0, 0.05) is 0 Å². The molecule has 0 aliphatic heterocycles. The molecule has 1 rings (SSSR count). The largest absolute Gasteiger partial charge is 0.417 e. The average Bonchev–Trinajstić information content (AvgIpc) is 2.01. The zero-order chi connectivity index (χ0) is 11.0. The third-order valence-electron chi connectivity index (χ3n) is 1.53. The molecule has 1 radical (unpaired) electrons. The average molecular weight is 223 g/mol. The van der Waals surface area contributed by atoms with E-state index in [2.05, 4.69) is 6.26 Å². The van der Waals surface area contributed by atoms with E-state index in [9.17, 15) is 21.6 Å². The van der Waals surface area contributed by atoms with Gasteiger partial charge in [-0.25, -0.2) is 8.42 Å². The van der Waals surface area contributed by atoms with Crippen molar-refractivity contribution >= 4 is 9.84 Å². The molecule has 77 valence electrons. The molecule has 0 unspecified atom stereocenters. The highest BCUT2D eigenvalue weighted by Gasteiger charge is 2.35. The second-order valence-electron chi connectivity index (χ2n) is 2.61. The smallest absolute Gasteiger partial charge is 0.224 e. The van der Waals surface area contributed by atoms with Crippen molar-refractivity contribution in [3.8, 4) is 0 Å². The van der Waals surface area contributed by atoms with Crippen LogP contribution in [0.3, 0.4) is 0 Å². The normalized spacial score (nSPS) is 12.9. The molecule has 0 atom stereocenters. The number of benzene rings is 1. The van der Waals surface area contributed by atoms with E-state index >= 15 is 0 Å². The van der Waals surface area contributed by atoms with Crippen molar-refractivity contribution in [3.63, 3.8) is 0 Å². The fourth-order valence-corrected chi connectivity index (χ4v) is 1.78. The van der Waals surface area contributed by atoms with E-state index in [1.54, 1.807) is 0 Å². The minimum absolute atomic E-state index is 0.706. The maximum absolute atomic E-state index is 12.3. The Morgan fingerprint density at radius 3 is 2.00 bits per heavy atom. The Kier molecular flexibility index (Phi) is 2.58. The van der Waals surface area contributed by atoms with Gasteiger partial charge in [-0.2, -0.15) is 13.2 Å². The molecule has 6 heteroatoms. The van der Waals surface area contributed by atoms with E-state index in [0.29, 0.717) is 6.07 Å². The predicted octanol–water partition coefficient (Wildman–Crippen LogP) is 2.27. The minimum atomic E-state index is -4.68. The second-order valence-corrected chi connectivity index (χ2v) is 4.28. The van der Waals surface area contributed by atoms with Gasteiger partial charge in [0.1, 0.15) is 0 Å². The molecule has 0 spiro atoms. The Morgan fingerprint density at radius 2 is 1.64 bits per heavy atom. The summed E-state index contributed by atoms with van der Waals surface area (Å²) in [6.45, 7) is 0. The van der Waals surface area contributed by atoms with E-state index in [1.165, 1.54) is 6.07 Å². The van der Waals surface area contributed by atoms with Crippen molar-refractivity contribution in [3.05, 3.63) is 36.1 Å². The quantitative estimate of drug-likeness (QED) is 0.731. The van der Waals surface area contributed by atoms with Crippen molar-refractivity contribution in [2.75, 3.05) is 0 Å². The summed E-state index contributed by atoms with van der Waals surface area (Å²) >= 11 is 0. The molecule has 0 heterocycles. The van der Waals surface area contributed by atoms with Gasteiger partial charge < -0.3 is 0 Å². The number of hydrogen-bond acceptors (Lipinski definition) is 2. The lowest BCUT2D eigenvalue weighted by Crippen LogP contribution is -2.11. The summed E-state index contributed by atoms with van der Waals surface area (Å²) in [6.07, 6.45) is -1.99. The Bertz CT molecular complexity index is 434. The fraction of sp³-hybridized carbons (Fsp3) is 0.125. The van der Waals surface area contributed by atoms with Crippen LogP contribution in [0.2, 0.25) is 0 Å². The molecule has 0 fully saturated rings. The maximum Gasteiger partial charge on any atom is 0.417 e. The molecule has 0 aromatic heterocycles. The second kappa shape index (κ2) is 3.27. The number of halogens is 3. The Balaban J connectivity index is 3.47. The summed E-state index contributed by atoms with van der Waals surface area (Å²) in [5, 5.41) is 0. The van der Waals surface area contributed by atoms with Crippen molar-refractivity contribution in [1.82, 2.24) is 0 Å². The zero-order valence-electron chi connectivity index (χ0n) is 6.88. The van der Waals surface area contributed by atoms with Crippen LogP contribution in [0.1, 0.15) is 5.56 Å². The lowest BCUT2D eigenvalue weighted by molar-refractivity contribution is -0.139. The van der Waals surface area contributed by atoms with Crippen LogP contribution in [0.4, 0.5) is 13.2 Å². The van der Waals surface area contributed by atoms with E-state index in [4.69, 9.17) is 0 Å². The molecule has 2 nitrogen and oxygen atoms in total. The van der Waals surface area contributed by atoms with Crippen LogP contribution in [0.5, 0.6) is 0 Å². The molecule has 0 saturated heterocycles. The van der Waals surface area contributed by atoms with Crippen LogP contribution in [0.25, 0.3) is 0 Å². The van der Waals surface area contributed by atoms with Gasteiger partial charge in [-0.3, -0.25) is 0 Å². The molecule has 0 amide bonds. The Labute approximate surface area is 79.3 Å². The minimum Gasteiger partial charge on any atom is -0.224 e. The van der Waals surface area contributed by atoms with Gasteiger partial charge in [0.15, 0.2) is 9.84 Å². The van der Waals surface area contributed by atoms with Crippen LogP contribution >= 0.6 is 0 Å². The molecular formula is C8H6F3O2S. The van der Waals surface area contributed by atoms with Crippen molar-refractivity contribution in [1.29, 1.82) is 0 Å². The van der Waals surface area contributed by atoms with Crippen molar-refractivity contribution in [2.24, 2.45) is 0 Å². The predicted molar refractivity (Wildman–Crippen MR) is 44.0 cm³/mol. The maximum atomic E-state index is 12.3. The monoisotopic (exact) mass is 223 g/mol. The molecule has 0 N–H and O–H groups in total. The first-order chi connectivity index (χ1) is 6.23. The third-order valence-corrected chi connectivity index (χ3v) is 2.55. The highest BCUT2D eigenvalue weighted by molar-refractivity contribution is 7.92. The van der Waals surface area contributed by atoms with Gasteiger partial charge in [-0.15, -0.1) is 0 Å². The molecule has 0 bridgehead atoms. The van der Waals surface area contributed by atoms with E-state index < -0.39 is 26.5 Å². The third kappa shape index (κ3) is 2.25. The number of hydrogen-bond donors (Lipinski definition) is 0. The van der Waals surface area contributed by atoms with E-state index in [-0.39, 0.29) is 0 Å². The molecule has 1 aromatic carbocycles. The van der Waals surface area contributed by atoms with Gasteiger partial charge in [0.2, 0.25) is 0 Å². The van der Waals surface area contributed by atoms with Crippen molar-refractivity contribution in [2.45, 2.75) is 11.1 Å². The summed E-state index contributed by atoms with van der Waals surface area (Å²) in [6, 6.07) is 3.92. The van der Waals surface area contributed by atoms with Gasteiger partial charge in [-0.1, -0.05) is 12.1 Å². The standard InChI is InChI=1S/C8H6F3O2S/c1-14(12,13)7-5-3-2-4-6(7)8(9,10)11/h2-5H,1H2. The summed E-state index contributed by atoms with van der Waals surface area (Å²) in [5.74, 6) is 0. The highest BCUT2D eigenvalue weighted by Crippen LogP contribution is 2.33. The number of sulfone groups is 1. The summed E-state index contributed by atoms with van der Waals surface area (Å²) < 4.78 is 58.6. The van der Waals surface area contributed by atoms with E-state index in [0.717, 1.165) is 12.1 Å². The molecular weight excluding hydrogens is 217 g/mol. The van der Waals surface area contributed by atoms with Crippen LogP contribution < -0.4 is 0 Å². The van der Waals surface area contributed by atoms with Crippen LogP contribution in [-0.4, -0.2) is 8.42 Å². The molecule has 0 saturated carbocycles. The summed E-state index contributed by atoms with van der Waals surface area (Å²) in [5.41, 5.74) is -1.19. The zero-order valence-corrected chi connectivity index (χ0v) is 7.69. The first-order valence-electron chi connectivity index (χ1n) is 3.47. The fourth-order valence-electron chi connectivity index (χ4n) is 0.972. The van der Waals surface area contributed by atoms with Gasteiger partial charge >= 0.3 is 6.18 Å². The van der Waals surface area contributed by atoms with Crippen LogP contribution in [-0.2, 0) is 16.0 Å². The first kappa shape index (κ1) is 11.0. The molecule has 14 heavy (non-hydrogen) atoms. The van der Waals surface area contributed by atoms with Crippen LogP contribution in [0.15, 0.2) is 29.2 Å². The summed E-state index contributed by atoms with van der Waals surface area (Å²) in [4.78, 5) is -0.799. The number of alkyl halides is 3. The molecule has 0 aliphatic carbocycles. The Morgan fingerprint density at radius 1 is 1.14 bits per heavy atom. The molecule has 0 aliphatic rings. The highest BCUT2D eigenvalue weighted by atomic mass is 32.2. The lowest BCUT2D eigenvalue weighted by Gasteiger charge is -2.10. The van der Waals surface area contributed by atoms with Gasteiger partial charge in [-0.05, 0) is 12.1 Å². The first-order valence-corrected chi connectivity index (χ1v) is 5.12. The Hall–Kier alpha value is -1.04. The van der Waals surface area contributed by atoms with Gasteiger partial charge in [0.25, 0.3) is 0 Å². The topological polar surface area (TPSA) is 34.1 Å².